The third kappa shape index (κ3) is 4.87. The zero-order valence-corrected chi connectivity index (χ0v) is 12.2. The predicted octanol–water partition coefficient (Wildman–Crippen LogP) is 1.79. The van der Waals surface area contributed by atoms with Crippen LogP contribution in [-0.4, -0.2) is 62.2 Å². The quantitative estimate of drug-likeness (QED) is 0.806. The van der Waals surface area contributed by atoms with Crippen molar-refractivity contribution in [1.82, 2.24) is 15.1 Å². The van der Waals surface area contributed by atoms with Gasteiger partial charge in [-0.05, 0) is 38.3 Å². The van der Waals surface area contributed by atoms with Gasteiger partial charge in [0.15, 0.2) is 0 Å². The van der Waals surface area contributed by atoms with E-state index in [0.717, 1.165) is 5.92 Å². The Morgan fingerprint density at radius 2 is 1.67 bits per heavy atom. The zero-order valence-electron chi connectivity index (χ0n) is 12.2. The molecule has 0 aromatic rings. The van der Waals surface area contributed by atoms with Crippen LogP contribution in [0.1, 0.15) is 39.0 Å². The molecule has 18 heavy (non-hydrogen) atoms. The predicted molar refractivity (Wildman–Crippen MR) is 78.0 cm³/mol. The summed E-state index contributed by atoms with van der Waals surface area (Å²) in [5.41, 5.74) is 0. The van der Waals surface area contributed by atoms with Gasteiger partial charge in [-0.25, -0.2) is 0 Å². The normalized spacial score (nSPS) is 28.2. The van der Waals surface area contributed by atoms with Crippen molar-refractivity contribution in [2.24, 2.45) is 5.92 Å². The zero-order chi connectivity index (χ0) is 12.6. The van der Waals surface area contributed by atoms with E-state index in [1.54, 1.807) is 0 Å². The first kappa shape index (κ1) is 14.3. The van der Waals surface area contributed by atoms with Gasteiger partial charge in [0.25, 0.3) is 0 Å². The van der Waals surface area contributed by atoms with Crippen LogP contribution in [-0.2, 0) is 0 Å². The SMILES string of the molecule is CCCC1CCCN(CCN2CCNCC2)CC1. The van der Waals surface area contributed by atoms with Gasteiger partial charge in [0.05, 0.1) is 0 Å². The Morgan fingerprint density at radius 3 is 2.39 bits per heavy atom. The van der Waals surface area contributed by atoms with E-state index in [1.807, 2.05) is 0 Å². The summed E-state index contributed by atoms with van der Waals surface area (Å²) in [5.74, 6) is 1.01. The molecule has 3 nitrogen and oxygen atoms in total. The second-order valence-corrected chi connectivity index (χ2v) is 6.02. The Hall–Kier alpha value is -0.120. The van der Waals surface area contributed by atoms with Crippen LogP contribution in [0.2, 0.25) is 0 Å². The highest BCUT2D eigenvalue weighted by molar-refractivity contribution is 4.73. The Morgan fingerprint density at radius 1 is 0.944 bits per heavy atom. The number of likely N-dealkylation sites (tertiary alicyclic amines) is 1. The molecule has 1 N–H and O–H groups in total. The molecule has 0 aromatic heterocycles. The van der Waals surface area contributed by atoms with E-state index in [4.69, 9.17) is 0 Å². The summed E-state index contributed by atoms with van der Waals surface area (Å²) >= 11 is 0. The molecule has 2 rings (SSSR count). The first-order valence-corrected chi connectivity index (χ1v) is 8.04. The largest absolute Gasteiger partial charge is 0.314 e. The van der Waals surface area contributed by atoms with Crippen LogP contribution >= 0.6 is 0 Å². The Balaban J connectivity index is 1.63. The summed E-state index contributed by atoms with van der Waals surface area (Å²) in [6.07, 6.45) is 7.15. The third-order valence-electron chi connectivity index (χ3n) is 4.58. The number of nitrogens with one attached hydrogen (secondary N) is 1. The lowest BCUT2D eigenvalue weighted by Gasteiger charge is -2.30. The Kier molecular flexibility index (Phi) is 6.46. The fourth-order valence-electron chi connectivity index (χ4n) is 3.36. The third-order valence-corrected chi connectivity index (χ3v) is 4.58. The van der Waals surface area contributed by atoms with Gasteiger partial charge >= 0.3 is 0 Å². The van der Waals surface area contributed by atoms with E-state index in [-0.39, 0.29) is 0 Å². The van der Waals surface area contributed by atoms with Gasteiger partial charge in [0.2, 0.25) is 0 Å². The molecule has 2 aliphatic heterocycles. The second-order valence-electron chi connectivity index (χ2n) is 6.02. The highest BCUT2D eigenvalue weighted by Crippen LogP contribution is 2.21. The van der Waals surface area contributed by atoms with Crippen LogP contribution in [0.5, 0.6) is 0 Å². The molecule has 0 saturated carbocycles. The minimum absolute atomic E-state index is 1.01. The average molecular weight is 253 g/mol. The van der Waals surface area contributed by atoms with E-state index in [9.17, 15) is 0 Å². The van der Waals surface area contributed by atoms with Crippen LogP contribution in [0.4, 0.5) is 0 Å². The first-order chi connectivity index (χ1) is 8.88. The Labute approximate surface area is 113 Å². The molecular formula is C15H31N3. The molecule has 0 aromatic carbocycles. The van der Waals surface area contributed by atoms with Crippen molar-refractivity contribution in [2.75, 3.05) is 52.4 Å². The summed E-state index contributed by atoms with van der Waals surface area (Å²) < 4.78 is 0. The molecular weight excluding hydrogens is 222 g/mol. The summed E-state index contributed by atoms with van der Waals surface area (Å²) in [5, 5.41) is 3.43. The van der Waals surface area contributed by atoms with Crippen molar-refractivity contribution in [2.45, 2.75) is 39.0 Å². The van der Waals surface area contributed by atoms with Gasteiger partial charge in [-0.1, -0.05) is 19.8 Å². The van der Waals surface area contributed by atoms with Gasteiger partial charge in [-0.2, -0.15) is 0 Å². The molecule has 2 aliphatic rings. The van der Waals surface area contributed by atoms with Gasteiger partial charge in [0.1, 0.15) is 0 Å². The smallest absolute Gasteiger partial charge is 0.0110 e. The maximum absolute atomic E-state index is 3.43. The molecule has 2 saturated heterocycles. The molecule has 0 aliphatic carbocycles. The number of hydrogen-bond acceptors (Lipinski definition) is 3. The molecule has 0 amide bonds. The van der Waals surface area contributed by atoms with E-state index >= 15 is 0 Å². The lowest BCUT2D eigenvalue weighted by Crippen LogP contribution is -2.46. The number of hydrogen-bond donors (Lipinski definition) is 1. The van der Waals surface area contributed by atoms with E-state index in [1.165, 1.54) is 84.5 Å². The molecule has 1 unspecified atom stereocenters. The highest BCUT2D eigenvalue weighted by Gasteiger charge is 2.17. The molecule has 0 radical (unpaired) electrons. The minimum atomic E-state index is 1.01. The van der Waals surface area contributed by atoms with Gasteiger partial charge < -0.3 is 10.2 Å². The lowest BCUT2D eigenvalue weighted by atomic mass is 9.96. The molecule has 3 heteroatoms. The average Bonchev–Trinajstić information content (AvgIpc) is 2.64. The minimum Gasteiger partial charge on any atom is -0.314 e. The van der Waals surface area contributed by atoms with Crippen molar-refractivity contribution >= 4 is 0 Å². The van der Waals surface area contributed by atoms with Gasteiger partial charge in [0, 0.05) is 39.3 Å². The molecule has 0 bridgehead atoms. The Bertz CT molecular complexity index is 214. The van der Waals surface area contributed by atoms with Crippen molar-refractivity contribution in [3.8, 4) is 0 Å². The van der Waals surface area contributed by atoms with Crippen LogP contribution < -0.4 is 5.32 Å². The fraction of sp³-hybridized carbons (Fsp3) is 1.00. The van der Waals surface area contributed by atoms with Crippen LogP contribution in [0.25, 0.3) is 0 Å². The monoisotopic (exact) mass is 253 g/mol. The molecule has 1 atom stereocenters. The van der Waals surface area contributed by atoms with Crippen LogP contribution in [0, 0.1) is 5.92 Å². The van der Waals surface area contributed by atoms with Crippen molar-refractivity contribution in [3.05, 3.63) is 0 Å². The fourth-order valence-corrected chi connectivity index (χ4v) is 3.36. The number of rotatable bonds is 5. The van der Waals surface area contributed by atoms with Crippen molar-refractivity contribution < 1.29 is 0 Å². The van der Waals surface area contributed by atoms with E-state index in [2.05, 4.69) is 22.0 Å². The molecule has 106 valence electrons. The topological polar surface area (TPSA) is 18.5 Å². The number of nitrogens with zero attached hydrogens (tertiary/aromatic N) is 2. The molecule has 0 spiro atoms. The summed E-state index contributed by atoms with van der Waals surface area (Å²) in [6.45, 7) is 12.4. The summed E-state index contributed by atoms with van der Waals surface area (Å²) in [4.78, 5) is 5.32. The molecule has 2 fully saturated rings. The van der Waals surface area contributed by atoms with E-state index < -0.39 is 0 Å². The van der Waals surface area contributed by atoms with Crippen molar-refractivity contribution in [3.63, 3.8) is 0 Å². The first-order valence-electron chi connectivity index (χ1n) is 8.04. The maximum Gasteiger partial charge on any atom is 0.0110 e. The standard InChI is InChI=1S/C15H31N3/c1-2-4-15-5-3-9-17(10-6-15)13-14-18-11-7-16-8-12-18/h15-16H,2-14H2,1H3. The summed E-state index contributed by atoms with van der Waals surface area (Å²) in [6, 6.07) is 0. The molecule has 2 heterocycles. The summed E-state index contributed by atoms with van der Waals surface area (Å²) in [7, 11) is 0. The van der Waals surface area contributed by atoms with E-state index in [0.29, 0.717) is 0 Å². The van der Waals surface area contributed by atoms with Gasteiger partial charge in [-0.15, -0.1) is 0 Å². The lowest BCUT2D eigenvalue weighted by molar-refractivity contribution is 0.190. The van der Waals surface area contributed by atoms with Gasteiger partial charge in [-0.3, -0.25) is 4.90 Å². The maximum atomic E-state index is 3.43. The highest BCUT2D eigenvalue weighted by atomic mass is 15.2. The van der Waals surface area contributed by atoms with Crippen LogP contribution in [0.3, 0.4) is 0 Å². The number of piperazine rings is 1. The van der Waals surface area contributed by atoms with Crippen LogP contribution in [0.15, 0.2) is 0 Å². The second kappa shape index (κ2) is 8.13. The van der Waals surface area contributed by atoms with Crippen molar-refractivity contribution in [1.29, 1.82) is 0 Å².